The van der Waals surface area contributed by atoms with Crippen LogP contribution in [0.25, 0.3) is 0 Å². The minimum absolute atomic E-state index is 0.0994. The maximum atomic E-state index is 11.9. The summed E-state index contributed by atoms with van der Waals surface area (Å²) in [5, 5.41) is 17.6. The van der Waals surface area contributed by atoms with Gasteiger partial charge < -0.3 is 20.5 Å². The highest BCUT2D eigenvalue weighted by Crippen LogP contribution is 2.04. The van der Waals surface area contributed by atoms with Gasteiger partial charge in [0.25, 0.3) is 5.91 Å². The zero-order valence-electron chi connectivity index (χ0n) is 9.20. The number of rotatable bonds is 6. The second-order valence-electron chi connectivity index (χ2n) is 3.17. The summed E-state index contributed by atoms with van der Waals surface area (Å²) in [5.74, 6) is 5.00. The molecular formula is C9H15N5O3. The van der Waals surface area contributed by atoms with Gasteiger partial charge in [0.2, 0.25) is 0 Å². The largest absolute Gasteiger partial charge is 0.395 e. The van der Waals surface area contributed by atoms with Gasteiger partial charge in [0.15, 0.2) is 5.82 Å². The average molecular weight is 241 g/mol. The zero-order valence-corrected chi connectivity index (χ0v) is 9.20. The van der Waals surface area contributed by atoms with Crippen LogP contribution in [-0.4, -0.2) is 57.3 Å². The number of hydrogen-bond acceptors (Lipinski definition) is 7. The van der Waals surface area contributed by atoms with Crippen LogP contribution in [0.5, 0.6) is 0 Å². The highest BCUT2D eigenvalue weighted by Gasteiger charge is 2.16. The van der Waals surface area contributed by atoms with E-state index in [2.05, 4.69) is 15.4 Å². The molecule has 0 aliphatic rings. The van der Waals surface area contributed by atoms with Crippen LogP contribution in [0.15, 0.2) is 12.4 Å². The molecule has 0 fully saturated rings. The van der Waals surface area contributed by atoms with Gasteiger partial charge in [-0.05, 0) is 0 Å². The van der Waals surface area contributed by atoms with Crippen molar-refractivity contribution in [1.82, 2.24) is 14.9 Å². The van der Waals surface area contributed by atoms with Crippen molar-refractivity contribution in [3.05, 3.63) is 18.1 Å². The van der Waals surface area contributed by atoms with Crippen LogP contribution >= 0.6 is 0 Å². The lowest BCUT2D eigenvalue weighted by Crippen LogP contribution is -2.36. The van der Waals surface area contributed by atoms with Crippen molar-refractivity contribution in [2.75, 3.05) is 31.7 Å². The second kappa shape index (κ2) is 6.74. The van der Waals surface area contributed by atoms with Crippen LogP contribution in [0.1, 0.15) is 10.5 Å². The number of aliphatic hydroxyl groups is 2. The van der Waals surface area contributed by atoms with Gasteiger partial charge in [-0.25, -0.2) is 10.8 Å². The van der Waals surface area contributed by atoms with E-state index in [0.717, 1.165) is 0 Å². The van der Waals surface area contributed by atoms with Gasteiger partial charge in [-0.2, -0.15) is 0 Å². The van der Waals surface area contributed by atoms with Crippen molar-refractivity contribution >= 4 is 11.7 Å². The Labute approximate surface area is 98.1 Å². The first-order valence-electron chi connectivity index (χ1n) is 5.02. The van der Waals surface area contributed by atoms with Crippen molar-refractivity contribution in [2.45, 2.75) is 0 Å². The molecule has 0 bridgehead atoms. The molecule has 0 radical (unpaired) electrons. The van der Waals surface area contributed by atoms with E-state index in [4.69, 9.17) is 16.1 Å². The molecular weight excluding hydrogens is 226 g/mol. The number of nitrogens with zero attached hydrogens (tertiary/aromatic N) is 3. The SMILES string of the molecule is NNc1cncc(C(=O)N(CCO)CCO)n1. The van der Waals surface area contributed by atoms with Crippen molar-refractivity contribution in [1.29, 1.82) is 0 Å². The third-order valence-electron chi connectivity index (χ3n) is 2.03. The lowest BCUT2D eigenvalue weighted by atomic mass is 10.3. The minimum atomic E-state index is -0.419. The van der Waals surface area contributed by atoms with Crippen LogP contribution < -0.4 is 11.3 Å². The van der Waals surface area contributed by atoms with Crippen molar-refractivity contribution in [3.63, 3.8) is 0 Å². The van der Waals surface area contributed by atoms with E-state index < -0.39 is 5.91 Å². The number of nitrogens with two attached hydrogens (primary N) is 1. The Bertz CT molecular complexity index is 367. The number of aliphatic hydroxyl groups excluding tert-OH is 2. The van der Waals surface area contributed by atoms with Crippen molar-refractivity contribution in [3.8, 4) is 0 Å². The molecule has 0 unspecified atom stereocenters. The number of aromatic nitrogens is 2. The summed E-state index contributed by atoms with van der Waals surface area (Å²) in [6, 6.07) is 0. The number of hydrazine groups is 1. The smallest absolute Gasteiger partial charge is 0.274 e. The number of nitrogen functional groups attached to an aromatic ring is 1. The lowest BCUT2D eigenvalue weighted by molar-refractivity contribution is 0.0678. The quantitative estimate of drug-likeness (QED) is 0.341. The molecule has 17 heavy (non-hydrogen) atoms. The summed E-state index contributed by atoms with van der Waals surface area (Å²) in [4.78, 5) is 20.9. The Morgan fingerprint density at radius 2 is 2.00 bits per heavy atom. The summed E-state index contributed by atoms with van der Waals surface area (Å²) in [6.07, 6.45) is 2.67. The molecule has 0 saturated heterocycles. The number of amides is 1. The van der Waals surface area contributed by atoms with E-state index in [9.17, 15) is 4.79 Å². The molecule has 0 aromatic carbocycles. The number of anilines is 1. The number of carbonyl (C=O) groups is 1. The Morgan fingerprint density at radius 1 is 1.35 bits per heavy atom. The monoisotopic (exact) mass is 241 g/mol. The molecule has 8 heteroatoms. The molecule has 1 aromatic heterocycles. The molecule has 8 nitrogen and oxygen atoms in total. The Morgan fingerprint density at radius 3 is 2.53 bits per heavy atom. The third-order valence-corrected chi connectivity index (χ3v) is 2.03. The van der Waals surface area contributed by atoms with Gasteiger partial charge >= 0.3 is 0 Å². The highest BCUT2D eigenvalue weighted by molar-refractivity contribution is 5.92. The van der Waals surface area contributed by atoms with Gasteiger partial charge in [0.05, 0.1) is 25.6 Å². The highest BCUT2D eigenvalue weighted by atomic mass is 16.3. The Kier molecular flexibility index (Phi) is 5.27. The molecule has 0 spiro atoms. The fourth-order valence-corrected chi connectivity index (χ4v) is 1.26. The number of hydrogen-bond donors (Lipinski definition) is 4. The van der Waals surface area contributed by atoms with E-state index in [0.29, 0.717) is 0 Å². The summed E-state index contributed by atoms with van der Waals surface area (Å²) in [5.41, 5.74) is 2.38. The predicted molar refractivity (Wildman–Crippen MR) is 59.9 cm³/mol. The number of nitrogens with one attached hydrogen (secondary N) is 1. The maximum absolute atomic E-state index is 11.9. The van der Waals surface area contributed by atoms with E-state index >= 15 is 0 Å². The molecule has 1 aromatic rings. The van der Waals surface area contributed by atoms with Crippen molar-refractivity contribution < 1.29 is 15.0 Å². The summed E-state index contributed by atoms with van der Waals surface area (Å²) >= 11 is 0. The third kappa shape index (κ3) is 3.63. The molecule has 1 amide bonds. The van der Waals surface area contributed by atoms with Crippen LogP contribution in [0, 0.1) is 0 Å². The molecule has 0 atom stereocenters. The first kappa shape index (κ1) is 13.3. The normalized spacial score (nSPS) is 10.1. The summed E-state index contributed by atoms with van der Waals surface area (Å²) in [6.45, 7) is -0.120. The summed E-state index contributed by atoms with van der Waals surface area (Å²) < 4.78 is 0. The van der Waals surface area contributed by atoms with Crippen LogP contribution in [-0.2, 0) is 0 Å². The minimum Gasteiger partial charge on any atom is -0.395 e. The van der Waals surface area contributed by atoms with E-state index in [-0.39, 0.29) is 37.8 Å². The van der Waals surface area contributed by atoms with E-state index in [1.165, 1.54) is 17.3 Å². The molecule has 0 saturated carbocycles. The zero-order chi connectivity index (χ0) is 12.7. The van der Waals surface area contributed by atoms with E-state index in [1.807, 2.05) is 0 Å². The van der Waals surface area contributed by atoms with Crippen LogP contribution in [0.4, 0.5) is 5.82 Å². The first-order valence-corrected chi connectivity index (χ1v) is 5.02. The average Bonchev–Trinajstić information content (AvgIpc) is 2.38. The topological polar surface area (TPSA) is 125 Å². The Balaban J connectivity index is 2.84. The van der Waals surface area contributed by atoms with Gasteiger partial charge in [-0.3, -0.25) is 9.78 Å². The Hall–Kier alpha value is -1.77. The molecule has 0 aliphatic heterocycles. The summed E-state index contributed by atoms with van der Waals surface area (Å²) in [7, 11) is 0. The fourth-order valence-electron chi connectivity index (χ4n) is 1.26. The lowest BCUT2D eigenvalue weighted by Gasteiger charge is -2.19. The molecule has 0 aliphatic carbocycles. The first-order chi connectivity index (χ1) is 8.22. The molecule has 1 rings (SSSR count). The molecule has 1 heterocycles. The maximum Gasteiger partial charge on any atom is 0.274 e. The van der Waals surface area contributed by atoms with Gasteiger partial charge in [0, 0.05) is 13.1 Å². The second-order valence-corrected chi connectivity index (χ2v) is 3.17. The molecule has 5 N–H and O–H groups in total. The van der Waals surface area contributed by atoms with Gasteiger partial charge in [-0.1, -0.05) is 0 Å². The van der Waals surface area contributed by atoms with Gasteiger partial charge in [0.1, 0.15) is 5.69 Å². The number of carbonyl (C=O) groups excluding carboxylic acids is 1. The van der Waals surface area contributed by atoms with Crippen molar-refractivity contribution in [2.24, 2.45) is 5.84 Å². The molecule has 94 valence electrons. The van der Waals surface area contributed by atoms with Crippen LogP contribution in [0.2, 0.25) is 0 Å². The predicted octanol–water partition coefficient (Wildman–Crippen LogP) is -1.81. The van der Waals surface area contributed by atoms with E-state index in [1.54, 1.807) is 0 Å². The van der Waals surface area contributed by atoms with Crippen LogP contribution in [0.3, 0.4) is 0 Å². The standard InChI is InChI=1S/C9H15N5O3/c10-13-8-6-11-5-7(12-8)9(17)14(1-3-15)2-4-16/h5-6,15-16H,1-4,10H2,(H,12,13). The fraction of sp³-hybridized carbons (Fsp3) is 0.444. The van der Waals surface area contributed by atoms with Gasteiger partial charge in [-0.15, -0.1) is 0 Å².